The molecule has 0 saturated heterocycles. The molecule has 1 aromatic rings. The van der Waals surface area contributed by atoms with Crippen molar-refractivity contribution in [2.45, 2.75) is 13.5 Å². The summed E-state index contributed by atoms with van der Waals surface area (Å²) < 4.78 is 1.13. The lowest BCUT2D eigenvalue weighted by atomic mass is 10.5. The average molecular weight is 197 g/mol. The highest BCUT2D eigenvalue weighted by molar-refractivity contribution is 5.75. The van der Waals surface area contributed by atoms with Gasteiger partial charge in [-0.15, -0.1) is 0 Å². The third-order valence-electron chi connectivity index (χ3n) is 1.58. The number of nitrogens with zero attached hydrogens (tertiary/aromatic N) is 1. The molecule has 0 bridgehead atoms. The first-order chi connectivity index (χ1) is 6.63. The molecule has 0 atom stereocenters. The maximum atomic E-state index is 11.1. The highest BCUT2D eigenvalue weighted by Gasteiger charge is 2.02. The highest BCUT2D eigenvalue weighted by Crippen LogP contribution is 1.76. The summed E-state index contributed by atoms with van der Waals surface area (Å²) in [5.41, 5.74) is -1.05. The van der Waals surface area contributed by atoms with E-state index in [1.807, 2.05) is 0 Å². The Morgan fingerprint density at radius 2 is 2.29 bits per heavy atom. The lowest BCUT2D eigenvalue weighted by molar-refractivity contribution is -0.121. The molecule has 1 aromatic heterocycles. The minimum absolute atomic E-state index is 0.0799. The van der Waals surface area contributed by atoms with Gasteiger partial charge in [0.1, 0.15) is 6.54 Å². The van der Waals surface area contributed by atoms with E-state index in [9.17, 15) is 14.4 Å². The molecule has 1 amide bonds. The Labute approximate surface area is 79.6 Å². The van der Waals surface area contributed by atoms with Gasteiger partial charge in [0.2, 0.25) is 5.91 Å². The number of hydrogen-bond acceptors (Lipinski definition) is 3. The van der Waals surface area contributed by atoms with Crippen LogP contribution in [0.5, 0.6) is 0 Å². The fourth-order valence-corrected chi connectivity index (χ4v) is 0.977. The lowest BCUT2D eigenvalue weighted by Gasteiger charge is -2.03. The number of rotatable bonds is 3. The molecule has 2 N–H and O–H groups in total. The summed E-state index contributed by atoms with van der Waals surface area (Å²) in [4.78, 5) is 34.9. The third kappa shape index (κ3) is 2.58. The standard InChI is InChI=1S/C8H11N3O3/c1-2-9-7(13)5-11-4-3-6(12)10-8(11)14/h3-4H,2,5H2,1H3,(H,9,13)(H,10,12,14). The van der Waals surface area contributed by atoms with Crippen molar-refractivity contribution in [3.05, 3.63) is 33.1 Å². The number of amides is 1. The molecule has 6 heteroatoms. The normalized spacial score (nSPS) is 9.79. The van der Waals surface area contributed by atoms with Gasteiger partial charge in [-0.25, -0.2) is 4.79 Å². The predicted molar refractivity (Wildman–Crippen MR) is 50.0 cm³/mol. The number of hydrogen-bond donors (Lipinski definition) is 2. The van der Waals surface area contributed by atoms with Gasteiger partial charge >= 0.3 is 5.69 Å². The van der Waals surface area contributed by atoms with Crippen molar-refractivity contribution >= 4 is 5.91 Å². The molecule has 0 radical (unpaired) electrons. The van der Waals surface area contributed by atoms with E-state index in [4.69, 9.17) is 0 Å². The monoisotopic (exact) mass is 197 g/mol. The first-order valence-corrected chi connectivity index (χ1v) is 4.20. The lowest BCUT2D eigenvalue weighted by Crippen LogP contribution is -2.35. The van der Waals surface area contributed by atoms with Crippen LogP contribution in [0.15, 0.2) is 21.9 Å². The summed E-state index contributed by atoms with van der Waals surface area (Å²) in [5.74, 6) is -0.262. The van der Waals surface area contributed by atoms with Crippen LogP contribution in [0.25, 0.3) is 0 Å². The zero-order valence-corrected chi connectivity index (χ0v) is 7.74. The summed E-state index contributed by atoms with van der Waals surface area (Å²) in [6.45, 7) is 2.22. The molecule has 6 nitrogen and oxygen atoms in total. The fourth-order valence-electron chi connectivity index (χ4n) is 0.977. The van der Waals surface area contributed by atoms with E-state index in [-0.39, 0.29) is 12.5 Å². The number of nitrogens with one attached hydrogen (secondary N) is 2. The summed E-state index contributed by atoms with van der Waals surface area (Å²) in [7, 11) is 0. The van der Waals surface area contributed by atoms with E-state index in [1.54, 1.807) is 6.92 Å². The molecule has 1 heterocycles. The Balaban J connectivity index is 2.82. The molecule has 0 fully saturated rings. The first kappa shape index (κ1) is 10.2. The maximum Gasteiger partial charge on any atom is 0.328 e. The zero-order chi connectivity index (χ0) is 10.6. The van der Waals surface area contributed by atoms with E-state index in [1.165, 1.54) is 12.3 Å². The fraction of sp³-hybridized carbons (Fsp3) is 0.375. The van der Waals surface area contributed by atoms with Gasteiger partial charge < -0.3 is 5.32 Å². The summed E-state index contributed by atoms with van der Waals surface area (Å²) >= 11 is 0. The van der Waals surface area contributed by atoms with Crippen LogP contribution in [0.2, 0.25) is 0 Å². The summed E-state index contributed by atoms with van der Waals surface area (Å²) in [6.07, 6.45) is 1.29. The number of aromatic nitrogens is 2. The van der Waals surface area contributed by atoms with E-state index < -0.39 is 11.2 Å². The molecule has 1 rings (SSSR count). The molecule has 0 aliphatic heterocycles. The largest absolute Gasteiger partial charge is 0.355 e. The van der Waals surface area contributed by atoms with Crippen molar-refractivity contribution in [3.8, 4) is 0 Å². The Morgan fingerprint density at radius 1 is 1.57 bits per heavy atom. The van der Waals surface area contributed by atoms with E-state index in [2.05, 4.69) is 10.3 Å². The Kier molecular flexibility index (Phi) is 3.22. The van der Waals surface area contributed by atoms with Gasteiger partial charge in [-0.1, -0.05) is 0 Å². The molecular formula is C8H11N3O3. The van der Waals surface area contributed by atoms with Crippen LogP contribution < -0.4 is 16.6 Å². The van der Waals surface area contributed by atoms with Gasteiger partial charge in [-0.05, 0) is 6.92 Å². The van der Waals surface area contributed by atoms with E-state index >= 15 is 0 Å². The Bertz CT molecular complexity index is 432. The van der Waals surface area contributed by atoms with Crippen molar-refractivity contribution in [1.82, 2.24) is 14.9 Å². The van der Waals surface area contributed by atoms with Crippen molar-refractivity contribution < 1.29 is 4.79 Å². The molecule has 0 aliphatic rings. The molecule has 0 aliphatic carbocycles. The van der Waals surface area contributed by atoms with Gasteiger partial charge in [0, 0.05) is 18.8 Å². The van der Waals surface area contributed by atoms with Crippen molar-refractivity contribution in [1.29, 1.82) is 0 Å². The molecule has 0 saturated carbocycles. The Hall–Kier alpha value is -1.85. The third-order valence-corrected chi connectivity index (χ3v) is 1.58. The second-order valence-electron chi connectivity index (χ2n) is 2.69. The Morgan fingerprint density at radius 3 is 2.86 bits per heavy atom. The minimum atomic E-state index is -0.580. The number of carbonyl (C=O) groups is 1. The molecule has 14 heavy (non-hydrogen) atoms. The van der Waals surface area contributed by atoms with Crippen molar-refractivity contribution in [2.75, 3.05) is 6.54 Å². The van der Waals surface area contributed by atoms with Crippen LogP contribution in [-0.4, -0.2) is 22.0 Å². The molecule has 0 unspecified atom stereocenters. The SMILES string of the molecule is CCNC(=O)Cn1ccc(=O)[nH]c1=O. The van der Waals surface area contributed by atoms with E-state index in [0.29, 0.717) is 6.54 Å². The second-order valence-corrected chi connectivity index (χ2v) is 2.69. The zero-order valence-electron chi connectivity index (χ0n) is 7.74. The first-order valence-electron chi connectivity index (χ1n) is 4.20. The smallest absolute Gasteiger partial charge is 0.328 e. The van der Waals surface area contributed by atoms with Crippen LogP contribution in [-0.2, 0) is 11.3 Å². The quantitative estimate of drug-likeness (QED) is 0.629. The van der Waals surface area contributed by atoms with Gasteiger partial charge in [0.05, 0.1) is 0 Å². The van der Waals surface area contributed by atoms with Gasteiger partial charge in [0.15, 0.2) is 0 Å². The number of H-pyrrole nitrogens is 1. The summed E-state index contributed by atoms with van der Waals surface area (Å²) in [5, 5.41) is 2.55. The van der Waals surface area contributed by atoms with Crippen LogP contribution in [0, 0.1) is 0 Å². The van der Waals surface area contributed by atoms with Crippen LogP contribution >= 0.6 is 0 Å². The van der Waals surface area contributed by atoms with Gasteiger partial charge in [0.25, 0.3) is 5.56 Å². The molecule has 0 aromatic carbocycles. The molecular weight excluding hydrogens is 186 g/mol. The number of likely N-dealkylation sites (N-methyl/N-ethyl adjacent to an activating group) is 1. The van der Waals surface area contributed by atoms with E-state index in [0.717, 1.165) is 4.57 Å². The van der Waals surface area contributed by atoms with Crippen LogP contribution in [0.4, 0.5) is 0 Å². The molecule has 0 spiro atoms. The molecule has 76 valence electrons. The minimum Gasteiger partial charge on any atom is -0.355 e. The van der Waals surface area contributed by atoms with Crippen LogP contribution in [0.3, 0.4) is 0 Å². The average Bonchev–Trinajstić information content (AvgIpc) is 2.10. The predicted octanol–water partition coefficient (Wildman–Crippen LogP) is -1.33. The number of aromatic amines is 1. The van der Waals surface area contributed by atoms with Crippen LogP contribution in [0.1, 0.15) is 6.92 Å². The second kappa shape index (κ2) is 4.40. The topological polar surface area (TPSA) is 84.0 Å². The highest BCUT2D eigenvalue weighted by atomic mass is 16.2. The maximum absolute atomic E-state index is 11.1. The summed E-state index contributed by atoms with van der Waals surface area (Å²) in [6, 6.07) is 1.20. The van der Waals surface area contributed by atoms with Crippen molar-refractivity contribution in [3.63, 3.8) is 0 Å². The van der Waals surface area contributed by atoms with Crippen molar-refractivity contribution in [2.24, 2.45) is 0 Å². The number of carbonyl (C=O) groups excluding carboxylic acids is 1. The van der Waals surface area contributed by atoms with Gasteiger partial charge in [-0.3, -0.25) is 19.1 Å². The van der Waals surface area contributed by atoms with Gasteiger partial charge in [-0.2, -0.15) is 0 Å².